The van der Waals surface area contributed by atoms with Crippen molar-refractivity contribution in [1.29, 1.82) is 0 Å². The second kappa shape index (κ2) is 11.0. The van der Waals surface area contributed by atoms with Crippen molar-refractivity contribution in [3.05, 3.63) is 58.1 Å². The lowest BCUT2D eigenvalue weighted by Gasteiger charge is -2.36. The molecule has 3 heterocycles. The molecule has 1 saturated heterocycles. The van der Waals surface area contributed by atoms with Crippen LogP contribution in [-0.2, 0) is 27.3 Å². The number of ether oxygens (including phenoxy) is 4. The minimum Gasteiger partial charge on any atom is -0.493 e. The summed E-state index contributed by atoms with van der Waals surface area (Å²) in [5.74, 6) is 1.96. The van der Waals surface area contributed by atoms with E-state index in [1.165, 1.54) is 0 Å². The van der Waals surface area contributed by atoms with E-state index in [4.69, 9.17) is 23.9 Å². The van der Waals surface area contributed by atoms with Crippen LogP contribution in [0, 0.1) is 0 Å². The number of piperazine rings is 1. The summed E-state index contributed by atoms with van der Waals surface area (Å²) in [5.41, 5.74) is 2.41. The highest BCUT2D eigenvalue weighted by Crippen LogP contribution is 2.30. The second-order valence-corrected chi connectivity index (χ2v) is 9.77. The van der Waals surface area contributed by atoms with E-state index in [0.29, 0.717) is 60.9 Å². The molecule has 1 fully saturated rings. The van der Waals surface area contributed by atoms with E-state index in [1.807, 2.05) is 53.1 Å². The van der Waals surface area contributed by atoms with Crippen LogP contribution in [0.3, 0.4) is 0 Å². The maximum Gasteiger partial charge on any atom is 0.261 e. The van der Waals surface area contributed by atoms with Gasteiger partial charge in [-0.15, -0.1) is 0 Å². The zero-order valence-corrected chi connectivity index (χ0v) is 22.3. The summed E-state index contributed by atoms with van der Waals surface area (Å²) in [6.07, 6.45) is 0.583. The van der Waals surface area contributed by atoms with Crippen LogP contribution in [0.25, 0.3) is 10.9 Å². The summed E-state index contributed by atoms with van der Waals surface area (Å²) in [7, 11) is 4.86. The first kappa shape index (κ1) is 26.0. The Morgan fingerprint density at radius 3 is 2.61 bits per heavy atom. The van der Waals surface area contributed by atoms with Gasteiger partial charge in [0.15, 0.2) is 11.5 Å². The smallest absolute Gasteiger partial charge is 0.261 e. The van der Waals surface area contributed by atoms with Crippen molar-refractivity contribution < 1.29 is 23.7 Å². The fourth-order valence-corrected chi connectivity index (χ4v) is 5.21. The molecule has 0 radical (unpaired) electrons. The molecule has 202 valence electrons. The van der Waals surface area contributed by atoms with Crippen molar-refractivity contribution in [1.82, 2.24) is 14.5 Å². The van der Waals surface area contributed by atoms with E-state index in [1.54, 1.807) is 25.9 Å². The third kappa shape index (κ3) is 5.06. The molecule has 0 aliphatic carbocycles. The van der Waals surface area contributed by atoms with Crippen LogP contribution < -0.4 is 19.9 Å². The van der Waals surface area contributed by atoms with E-state index in [2.05, 4.69) is 0 Å². The highest BCUT2D eigenvalue weighted by Gasteiger charge is 2.27. The predicted molar refractivity (Wildman–Crippen MR) is 143 cm³/mol. The number of aromatic nitrogens is 2. The van der Waals surface area contributed by atoms with Crippen LogP contribution in [0.4, 0.5) is 5.69 Å². The molecule has 10 heteroatoms. The maximum absolute atomic E-state index is 13.6. The summed E-state index contributed by atoms with van der Waals surface area (Å²) in [6.45, 7) is 4.83. The van der Waals surface area contributed by atoms with Crippen LogP contribution >= 0.6 is 0 Å². The molecule has 2 atom stereocenters. The van der Waals surface area contributed by atoms with Crippen molar-refractivity contribution >= 4 is 22.5 Å². The number of fused-ring (bicyclic) bond motifs is 2. The third-order valence-corrected chi connectivity index (χ3v) is 7.35. The first-order valence-electron chi connectivity index (χ1n) is 12.8. The SMILES string of the molecule is COc1ccc(CC2COCc3nc4cc(N5CCN(C[C@@H](C)OC)C(=O)C5)ccc4c(=O)n32)cc1OC. The molecule has 10 nitrogen and oxygen atoms in total. The number of nitrogens with zero attached hydrogens (tertiary/aromatic N) is 4. The highest BCUT2D eigenvalue weighted by molar-refractivity contribution is 5.86. The van der Waals surface area contributed by atoms with Gasteiger partial charge in [0.2, 0.25) is 5.91 Å². The Balaban J connectivity index is 1.40. The van der Waals surface area contributed by atoms with Gasteiger partial charge in [-0.3, -0.25) is 14.2 Å². The van der Waals surface area contributed by atoms with Gasteiger partial charge in [0.25, 0.3) is 5.56 Å². The Kier molecular flexibility index (Phi) is 7.53. The van der Waals surface area contributed by atoms with Gasteiger partial charge < -0.3 is 28.7 Å². The molecular weight excluding hydrogens is 488 g/mol. The molecule has 2 aliphatic heterocycles. The topological polar surface area (TPSA) is 95.4 Å². The lowest BCUT2D eigenvalue weighted by molar-refractivity contribution is -0.132. The average Bonchev–Trinajstić information content (AvgIpc) is 2.93. The highest BCUT2D eigenvalue weighted by atomic mass is 16.5. The first-order chi connectivity index (χ1) is 18.4. The summed E-state index contributed by atoms with van der Waals surface area (Å²) in [5, 5.41) is 0.551. The molecule has 0 saturated carbocycles. The first-order valence-corrected chi connectivity index (χ1v) is 12.8. The number of benzene rings is 2. The molecule has 2 aliphatic rings. The Morgan fingerprint density at radius 1 is 1.05 bits per heavy atom. The van der Waals surface area contributed by atoms with Crippen LogP contribution in [0.2, 0.25) is 0 Å². The van der Waals surface area contributed by atoms with Gasteiger partial charge in [0, 0.05) is 32.4 Å². The summed E-state index contributed by atoms with van der Waals surface area (Å²) < 4.78 is 23.7. The maximum atomic E-state index is 13.6. The summed E-state index contributed by atoms with van der Waals surface area (Å²) in [4.78, 5) is 35.1. The van der Waals surface area contributed by atoms with Gasteiger partial charge in [-0.1, -0.05) is 6.07 Å². The predicted octanol–water partition coefficient (Wildman–Crippen LogP) is 2.41. The van der Waals surface area contributed by atoms with E-state index < -0.39 is 0 Å². The molecule has 2 aromatic carbocycles. The largest absolute Gasteiger partial charge is 0.493 e. The van der Waals surface area contributed by atoms with Gasteiger partial charge in [0.1, 0.15) is 12.4 Å². The minimum atomic E-state index is -0.193. The minimum absolute atomic E-state index is 0.00712. The van der Waals surface area contributed by atoms with Crippen LogP contribution in [-0.4, -0.2) is 80.6 Å². The van der Waals surface area contributed by atoms with Gasteiger partial charge in [-0.2, -0.15) is 0 Å². The van der Waals surface area contributed by atoms with Gasteiger partial charge in [0.05, 0.1) is 50.4 Å². The van der Waals surface area contributed by atoms with Gasteiger partial charge >= 0.3 is 0 Å². The average molecular weight is 523 g/mol. The van der Waals surface area contributed by atoms with E-state index in [0.717, 1.165) is 11.3 Å². The lowest BCUT2D eigenvalue weighted by atomic mass is 10.0. The number of carbonyl (C=O) groups is 1. The standard InChI is InChI=1S/C28H34N4O6/c1-18(35-2)14-31-10-9-30(15-27(31)33)20-6-7-22-23(13-20)29-26-17-38-16-21(32(26)28(22)34)11-19-5-8-24(36-3)25(12-19)37-4/h5-8,12-13,18,21H,9-11,14-17H2,1-4H3/t18-,21?/m1/s1. The van der Waals surface area contributed by atoms with Crippen molar-refractivity contribution in [2.24, 2.45) is 0 Å². The zero-order valence-electron chi connectivity index (χ0n) is 22.3. The Hall–Kier alpha value is -3.63. The molecule has 0 spiro atoms. The zero-order chi connectivity index (χ0) is 26.8. The number of carbonyl (C=O) groups excluding carboxylic acids is 1. The number of anilines is 1. The van der Waals surface area contributed by atoms with Crippen molar-refractivity contribution in [3.8, 4) is 11.5 Å². The van der Waals surface area contributed by atoms with E-state index in [-0.39, 0.29) is 36.8 Å². The Labute approximate surface area is 221 Å². The molecule has 0 bridgehead atoms. The number of amides is 1. The molecule has 1 unspecified atom stereocenters. The van der Waals surface area contributed by atoms with Gasteiger partial charge in [-0.05, 0) is 49.2 Å². The van der Waals surface area contributed by atoms with E-state index >= 15 is 0 Å². The van der Waals surface area contributed by atoms with E-state index in [9.17, 15) is 9.59 Å². The summed E-state index contributed by atoms with van der Waals surface area (Å²) >= 11 is 0. The second-order valence-electron chi connectivity index (χ2n) is 9.77. The molecule has 5 rings (SSSR count). The molecule has 3 aromatic rings. The molecular formula is C28H34N4O6. The number of hydrogen-bond donors (Lipinski definition) is 0. The summed E-state index contributed by atoms with van der Waals surface area (Å²) in [6, 6.07) is 11.2. The van der Waals surface area contributed by atoms with Crippen molar-refractivity contribution in [3.63, 3.8) is 0 Å². The van der Waals surface area contributed by atoms with Crippen molar-refractivity contribution in [2.45, 2.75) is 32.1 Å². The van der Waals surface area contributed by atoms with Crippen LogP contribution in [0.5, 0.6) is 11.5 Å². The lowest BCUT2D eigenvalue weighted by Crippen LogP contribution is -2.52. The Bertz CT molecular complexity index is 1390. The van der Waals surface area contributed by atoms with Gasteiger partial charge in [-0.25, -0.2) is 4.98 Å². The molecule has 38 heavy (non-hydrogen) atoms. The number of methoxy groups -OCH3 is 3. The molecule has 1 aromatic heterocycles. The number of rotatable bonds is 8. The Morgan fingerprint density at radius 2 is 1.87 bits per heavy atom. The van der Waals surface area contributed by atoms with Crippen molar-refractivity contribution in [2.75, 3.05) is 59.0 Å². The molecule has 1 amide bonds. The fraction of sp³-hybridized carbons (Fsp3) is 0.464. The monoisotopic (exact) mass is 522 g/mol. The van der Waals surface area contributed by atoms with Crippen LogP contribution in [0.1, 0.15) is 24.4 Å². The van der Waals surface area contributed by atoms with Crippen LogP contribution in [0.15, 0.2) is 41.2 Å². The molecule has 0 N–H and O–H groups in total. The third-order valence-electron chi connectivity index (χ3n) is 7.35. The normalized spacial score (nSPS) is 18.4. The quantitative estimate of drug-likeness (QED) is 0.445. The number of hydrogen-bond acceptors (Lipinski definition) is 8. The fourth-order valence-electron chi connectivity index (χ4n) is 5.21.